The number of hydrogen-bond donors (Lipinski definition) is 1. The summed E-state index contributed by atoms with van der Waals surface area (Å²) < 4.78 is 10.6. The Bertz CT molecular complexity index is 733. The molecule has 0 saturated carbocycles. The summed E-state index contributed by atoms with van der Waals surface area (Å²) in [6.07, 6.45) is 1.61. The predicted molar refractivity (Wildman–Crippen MR) is 94.3 cm³/mol. The maximum Gasteiger partial charge on any atom is 0.322 e. The molecule has 6 heteroatoms. The van der Waals surface area contributed by atoms with Crippen LogP contribution in [-0.2, 0) is 13.1 Å². The van der Waals surface area contributed by atoms with Crippen LogP contribution in [0.5, 0.6) is 5.75 Å². The van der Waals surface area contributed by atoms with Crippen LogP contribution in [0, 0.1) is 0 Å². The molecule has 24 heavy (non-hydrogen) atoms. The maximum atomic E-state index is 12.7. The number of nitrogens with zero attached hydrogens (tertiary/aromatic N) is 1. The average molecular weight is 342 g/mol. The lowest BCUT2D eigenvalue weighted by Gasteiger charge is -2.22. The van der Waals surface area contributed by atoms with E-state index >= 15 is 0 Å². The second-order valence-corrected chi connectivity index (χ2v) is 6.01. The summed E-state index contributed by atoms with van der Waals surface area (Å²) >= 11 is 1.61. The molecule has 1 aromatic carbocycles. The fourth-order valence-electron chi connectivity index (χ4n) is 2.30. The van der Waals surface area contributed by atoms with E-state index < -0.39 is 0 Å². The molecule has 0 aliphatic carbocycles. The van der Waals surface area contributed by atoms with Gasteiger partial charge in [-0.15, -0.1) is 0 Å². The third-order valence-electron chi connectivity index (χ3n) is 3.49. The van der Waals surface area contributed by atoms with Crippen LogP contribution in [0.1, 0.15) is 11.3 Å². The molecule has 0 radical (unpaired) electrons. The van der Waals surface area contributed by atoms with Crippen molar-refractivity contribution in [2.45, 2.75) is 13.1 Å². The highest BCUT2D eigenvalue weighted by Crippen LogP contribution is 2.19. The number of urea groups is 1. The summed E-state index contributed by atoms with van der Waals surface area (Å²) in [5.74, 6) is 1.44. The molecule has 124 valence electrons. The number of amides is 2. The van der Waals surface area contributed by atoms with Gasteiger partial charge in [0.2, 0.25) is 0 Å². The van der Waals surface area contributed by atoms with Crippen molar-refractivity contribution in [3.63, 3.8) is 0 Å². The standard InChI is InChI=1S/C18H18N2O3S/c1-22-16-5-2-4-15(10-16)19-18(21)20(11-14-7-9-24-13-14)12-17-6-3-8-23-17/h2-10,13H,11-12H2,1H3,(H,19,21). The van der Waals surface area contributed by atoms with Crippen LogP contribution in [0.2, 0.25) is 0 Å². The van der Waals surface area contributed by atoms with Gasteiger partial charge in [0, 0.05) is 18.3 Å². The SMILES string of the molecule is COc1cccc(NC(=O)N(Cc2ccsc2)Cc2ccco2)c1. The summed E-state index contributed by atoms with van der Waals surface area (Å²) in [5, 5.41) is 6.95. The van der Waals surface area contributed by atoms with Gasteiger partial charge < -0.3 is 19.4 Å². The third-order valence-corrected chi connectivity index (χ3v) is 4.22. The molecule has 0 saturated heterocycles. The highest BCUT2D eigenvalue weighted by atomic mass is 32.1. The van der Waals surface area contributed by atoms with E-state index in [1.807, 2.05) is 47.2 Å². The van der Waals surface area contributed by atoms with E-state index in [2.05, 4.69) is 5.32 Å². The normalized spacial score (nSPS) is 10.4. The van der Waals surface area contributed by atoms with Crippen molar-refractivity contribution in [1.82, 2.24) is 4.90 Å². The molecule has 3 aromatic rings. The van der Waals surface area contributed by atoms with Gasteiger partial charge in [0.05, 0.1) is 19.9 Å². The Kier molecular flexibility index (Phi) is 5.18. The molecule has 0 unspecified atom stereocenters. The molecule has 5 nitrogen and oxygen atoms in total. The van der Waals surface area contributed by atoms with Gasteiger partial charge in [0.25, 0.3) is 0 Å². The van der Waals surface area contributed by atoms with Crippen molar-refractivity contribution in [3.8, 4) is 5.75 Å². The fourth-order valence-corrected chi connectivity index (χ4v) is 2.96. The molecule has 3 rings (SSSR count). The highest BCUT2D eigenvalue weighted by Gasteiger charge is 2.16. The lowest BCUT2D eigenvalue weighted by atomic mass is 10.3. The predicted octanol–water partition coefficient (Wildman–Crippen LogP) is 4.58. The van der Waals surface area contributed by atoms with Crippen molar-refractivity contribution in [1.29, 1.82) is 0 Å². The van der Waals surface area contributed by atoms with E-state index in [9.17, 15) is 4.79 Å². The number of benzene rings is 1. The first-order valence-electron chi connectivity index (χ1n) is 7.48. The Morgan fingerprint density at radius 2 is 2.17 bits per heavy atom. The third kappa shape index (κ3) is 4.17. The van der Waals surface area contributed by atoms with Crippen LogP contribution in [0.25, 0.3) is 0 Å². The zero-order valence-corrected chi connectivity index (χ0v) is 14.1. The average Bonchev–Trinajstić information content (AvgIpc) is 3.28. The molecule has 1 N–H and O–H groups in total. The van der Waals surface area contributed by atoms with Gasteiger partial charge in [-0.25, -0.2) is 4.79 Å². The van der Waals surface area contributed by atoms with E-state index in [1.54, 1.807) is 35.7 Å². The van der Waals surface area contributed by atoms with Crippen LogP contribution in [0.15, 0.2) is 63.9 Å². The number of rotatable bonds is 6. The number of carbonyl (C=O) groups excluding carboxylic acids is 1. The monoisotopic (exact) mass is 342 g/mol. The van der Waals surface area contributed by atoms with Crippen molar-refractivity contribution in [3.05, 3.63) is 70.8 Å². The first-order valence-corrected chi connectivity index (χ1v) is 8.42. The summed E-state index contributed by atoms with van der Waals surface area (Å²) in [5.41, 5.74) is 1.78. The van der Waals surface area contributed by atoms with Crippen LogP contribution < -0.4 is 10.1 Å². The lowest BCUT2D eigenvalue weighted by Crippen LogP contribution is -2.33. The topological polar surface area (TPSA) is 54.7 Å². The Morgan fingerprint density at radius 1 is 1.25 bits per heavy atom. The number of thiophene rings is 1. The van der Waals surface area contributed by atoms with Gasteiger partial charge >= 0.3 is 6.03 Å². The Hall–Kier alpha value is -2.73. The molecule has 0 aliphatic heterocycles. The van der Waals surface area contributed by atoms with Crippen LogP contribution >= 0.6 is 11.3 Å². The molecule has 0 spiro atoms. The number of hydrogen-bond acceptors (Lipinski definition) is 4. The molecule has 0 fully saturated rings. The van der Waals surface area contributed by atoms with Crippen molar-refractivity contribution in [2.75, 3.05) is 12.4 Å². The molecular formula is C18H18N2O3S. The van der Waals surface area contributed by atoms with E-state index in [0.29, 0.717) is 24.5 Å². The minimum absolute atomic E-state index is 0.189. The Morgan fingerprint density at radius 3 is 2.88 bits per heavy atom. The van der Waals surface area contributed by atoms with Crippen LogP contribution in [0.3, 0.4) is 0 Å². The first kappa shape index (κ1) is 16.1. The van der Waals surface area contributed by atoms with Crippen molar-refractivity contribution < 1.29 is 13.9 Å². The number of carbonyl (C=O) groups is 1. The Labute approximate surface area is 144 Å². The minimum atomic E-state index is -0.189. The highest BCUT2D eigenvalue weighted by molar-refractivity contribution is 7.07. The first-order chi connectivity index (χ1) is 11.7. The summed E-state index contributed by atoms with van der Waals surface area (Å²) in [6, 6.07) is 12.8. The van der Waals surface area contributed by atoms with Crippen LogP contribution in [-0.4, -0.2) is 18.0 Å². The van der Waals surface area contributed by atoms with Crippen molar-refractivity contribution in [2.24, 2.45) is 0 Å². The van der Waals surface area contributed by atoms with Gasteiger partial charge in [0.1, 0.15) is 11.5 Å². The van der Waals surface area contributed by atoms with E-state index in [0.717, 1.165) is 11.3 Å². The summed E-state index contributed by atoms with van der Waals surface area (Å²) in [6.45, 7) is 0.915. The number of furan rings is 1. The van der Waals surface area contributed by atoms with Gasteiger partial charge in [0.15, 0.2) is 0 Å². The molecule has 2 heterocycles. The molecule has 0 aliphatic rings. The second-order valence-electron chi connectivity index (χ2n) is 5.23. The maximum absolute atomic E-state index is 12.7. The fraction of sp³-hybridized carbons (Fsp3) is 0.167. The van der Waals surface area contributed by atoms with Gasteiger partial charge in [-0.05, 0) is 46.7 Å². The zero-order chi connectivity index (χ0) is 16.8. The molecular weight excluding hydrogens is 324 g/mol. The van der Waals surface area contributed by atoms with E-state index in [1.165, 1.54) is 0 Å². The van der Waals surface area contributed by atoms with E-state index in [4.69, 9.17) is 9.15 Å². The Balaban J connectivity index is 1.74. The zero-order valence-electron chi connectivity index (χ0n) is 13.3. The summed E-state index contributed by atoms with van der Waals surface area (Å²) in [4.78, 5) is 14.4. The summed E-state index contributed by atoms with van der Waals surface area (Å²) in [7, 11) is 1.60. The molecule has 2 amide bonds. The second kappa shape index (κ2) is 7.70. The number of nitrogens with one attached hydrogen (secondary N) is 1. The van der Waals surface area contributed by atoms with Crippen LogP contribution in [0.4, 0.5) is 10.5 Å². The molecule has 0 atom stereocenters. The minimum Gasteiger partial charge on any atom is -0.497 e. The molecule has 0 bridgehead atoms. The number of ether oxygens (including phenoxy) is 1. The quantitative estimate of drug-likeness (QED) is 0.713. The number of methoxy groups -OCH3 is 1. The van der Waals surface area contributed by atoms with E-state index in [-0.39, 0.29) is 6.03 Å². The lowest BCUT2D eigenvalue weighted by molar-refractivity contribution is 0.201. The van der Waals surface area contributed by atoms with Gasteiger partial charge in [-0.1, -0.05) is 6.07 Å². The molecule has 2 aromatic heterocycles. The smallest absolute Gasteiger partial charge is 0.322 e. The largest absolute Gasteiger partial charge is 0.497 e. The number of anilines is 1. The van der Waals surface area contributed by atoms with Crippen molar-refractivity contribution >= 4 is 23.1 Å². The van der Waals surface area contributed by atoms with Gasteiger partial charge in [-0.2, -0.15) is 11.3 Å². The van der Waals surface area contributed by atoms with Gasteiger partial charge in [-0.3, -0.25) is 0 Å².